The zero-order valence-electron chi connectivity index (χ0n) is 30.9. The van der Waals surface area contributed by atoms with Gasteiger partial charge in [0.15, 0.2) is 6.54 Å². The Morgan fingerprint density at radius 2 is 0.844 bits per heavy atom. The minimum atomic E-state index is 0.133. The summed E-state index contributed by atoms with van der Waals surface area (Å²) in [6.07, 6.45) is 32.2. The number of piperazine rings is 1. The molecule has 0 aliphatic carbocycles. The molecule has 0 saturated carbocycles. The van der Waals surface area contributed by atoms with Crippen molar-refractivity contribution < 1.29 is 24.0 Å². The van der Waals surface area contributed by atoms with Crippen molar-refractivity contribution in [3.63, 3.8) is 0 Å². The summed E-state index contributed by atoms with van der Waals surface area (Å²) in [7, 11) is 2.22. The number of hydrogen-bond acceptors (Lipinski definition) is 3. The van der Waals surface area contributed by atoms with Crippen LogP contribution in [0.2, 0.25) is 0 Å². The van der Waals surface area contributed by atoms with E-state index in [1.807, 2.05) is 0 Å². The van der Waals surface area contributed by atoms with Crippen molar-refractivity contribution in [2.75, 3.05) is 79.2 Å². The maximum absolute atomic E-state index is 13.8. The molecule has 45 heavy (non-hydrogen) atoms. The summed E-state index contributed by atoms with van der Waals surface area (Å²) in [6, 6.07) is 0. The molecule has 268 valence electrons. The van der Waals surface area contributed by atoms with Crippen molar-refractivity contribution in [2.45, 2.75) is 168 Å². The lowest BCUT2D eigenvalue weighted by molar-refractivity contribution is -1.02. The normalized spacial score (nSPS) is 20.1. The molecule has 0 radical (unpaired) electrons. The first kappa shape index (κ1) is 42.3. The Hall–Kier alpha value is -0.690. The number of nitrogens with zero attached hydrogens (tertiary/aromatic N) is 3. The number of carbonyl (C=O) groups is 1. The van der Waals surface area contributed by atoms with E-state index in [1.54, 1.807) is 0 Å². The second-order valence-electron chi connectivity index (χ2n) is 15.1. The maximum Gasteiger partial charge on any atom is 0.277 e. The van der Waals surface area contributed by atoms with Crippen LogP contribution in [0.3, 0.4) is 0 Å². The van der Waals surface area contributed by atoms with E-state index < -0.39 is 0 Å². The van der Waals surface area contributed by atoms with Gasteiger partial charge in [-0.25, -0.2) is 0 Å². The Morgan fingerprint density at radius 1 is 0.511 bits per heavy atom. The highest BCUT2D eigenvalue weighted by atomic mass is 16.3. The maximum atomic E-state index is 13.8. The van der Waals surface area contributed by atoms with Crippen molar-refractivity contribution in [1.29, 1.82) is 0 Å². The fourth-order valence-corrected chi connectivity index (χ4v) is 7.30. The van der Waals surface area contributed by atoms with Crippen molar-refractivity contribution in [2.24, 2.45) is 0 Å². The van der Waals surface area contributed by atoms with Gasteiger partial charge in [0, 0.05) is 13.1 Å². The van der Waals surface area contributed by atoms with Gasteiger partial charge in [0.25, 0.3) is 5.91 Å². The smallest absolute Gasteiger partial charge is 0.277 e. The third-order valence-corrected chi connectivity index (χ3v) is 10.8. The molecule has 0 atom stereocenters. The van der Waals surface area contributed by atoms with E-state index in [2.05, 4.69) is 25.8 Å². The molecule has 0 aromatic heterocycles. The van der Waals surface area contributed by atoms with Gasteiger partial charge in [0.1, 0.15) is 39.3 Å². The van der Waals surface area contributed by atoms with E-state index in [4.69, 9.17) is 0 Å². The fraction of sp³-hybridized carbons (Fsp3) is 0.974. The van der Waals surface area contributed by atoms with Crippen LogP contribution in [0.4, 0.5) is 0 Å². The number of likely N-dealkylation sites (N-methyl/N-ethyl adjacent to an activating group) is 1. The first-order valence-corrected chi connectivity index (χ1v) is 20.1. The van der Waals surface area contributed by atoms with Gasteiger partial charge in [-0.3, -0.25) is 4.79 Å². The molecule has 6 heteroatoms. The quantitative estimate of drug-likeness (QED) is 0.0573. The van der Waals surface area contributed by atoms with Gasteiger partial charge in [-0.2, -0.15) is 0 Å². The summed E-state index contributed by atoms with van der Waals surface area (Å²) in [5, 5.41) is 19.5. The van der Waals surface area contributed by atoms with Crippen LogP contribution in [0, 0.1) is 0 Å². The summed E-state index contributed by atoms with van der Waals surface area (Å²) in [5.74, 6) is 0.299. The van der Waals surface area contributed by atoms with Gasteiger partial charge in [-0.15, -0.1) is 0 Å². The van der Waals surface area contributed by atoms with Crippen LogP contribution in [-0.2, 0) is 4.79 Å². The molecule has 2 N–H and O–H groups in total. The highest BCUT2D eigenvalue weighted by Crippen LogP contribution is 2.20. The van der Waals surface area contributed by atoms with Gasteiger partial charge >= 0.3 is 0 Å². The van der Waals surface area contributed by atoms with Crippen LogP contribution >= 0.6 is 0 Å². The van der Waals surface area contributed by atoms with E-state index in [-0.39, 0.29) is 13.2 Å². The minimum absolute atomic E-state index is 0.133. The van der Waals surface area contributed by atoms with Crippen molar-refractivity contribution in [3.05, 3.63) is 0 Å². The summed E-state index contributed by atoms with van der Waals surface area (Å²) in [6.45, 7) is 12.4. The monoisotopic (exact) mass is 640 g/mol. The first-order chi connectivity index (χ1) is 21.9. The lowest BCUT2D eigenvalue weighted by Crippen LogP contribution is -2.68. The average Bonchev–Trinajstić information content (AvgIpc) is 3.03. The highest BCUT2D eigenvalue weighted by Gasteiger charge is 2.41. The van der Waals surface area contributed by atoms with Crippen LogP contribution in [-0.4, -0.2) is 109 Å². The first-order valence-electron chi connectivity index (χ1n) is 20.1. The Labute approximate surface area is 281 Å². The second-order valence-corrected chi connectivity index (χ2v) is 15.1. The van der Waals surface area contributed by atoms with Gasteiger partial charge in [-0.1, -0.05) is 155 Å². The van der Waals surface area contributed by atoms with Crippen molar-refractivity contribution in [3.8, 4) is 0 Å². The number of aliphatic hydroxyl groups is 2. The molecule has 1 aliphatic heterocycles. The number of hydrogen-bond donors (Lipinski definition) is 2. The van der Waals surface area contributed by atoms with Crippen LogP contribution in [0.15, 0.2) is 0 Å². The third kappa shape index (κ3) is 21.7. The van der Waals surface area contributed by atoms with Crippen LogP contribution in [0.1, 0.15) is 168 Å². The third-order valence-electron chi connectivity index (χ3n) is 10.8. The number of aliphatic hydroxyl groups excluding tert-OH is 2. The topological polar surface area (TPSA) is 60.8 Å². The van der Waals surface area contributed by atoms with E-state index in [0.29, 0.717) is 23.5 Å². The summed E-state index contributed by atoms with van der Waals surface area (Å²) in [5.41, 5.74) is 0. The minimum Gasteiger partial charge on any atom is -0.391 e. The largest absolute Gasteiger partial charge is 0.391 e. The molecular formula is C39H81N3O3+2. The van der Waals surface area contributed by atoms with Crippen LogP contribution in [0.25, 0.3) is 0 Å². The Kier molecular flexibility index (Phi) is 26.7. The van der Waals surface area contributed by atoms with Gasteiger partial charge in [-0.05, 0) is 12.8 Å². The van der Waals surface area contributed by atoms with Gasteiger partial charge < -0.3 is 24.1 Å². The molecule has 0 spiro atoms. The zero-order chi connectivity index (χ0) is 32.9. The predicted octanol–water partition coefficient (Wildman–Crippen LogP) is 8.48. The molecule has 1 rings (SSSR count). The van der Waals surface area contributed by atoms with E-state index >= 15 is 0 Å². The molecule has 1 fully saturated rings. The van der Waals surface area contributed by atoms with E-state index in [0.717, 1.165) is 63.1 Å². The molecule has 6 nitrogen and oxygen atoms in total. The van der Waals surface area contributed by atoms with Crippen molar-refractivity contribution in [1.82, 2.24) is 4.90 Å². The SMILES string of the molecule is CCCCCCCCCCCCCCN(CCCCCCCCCCCCCC)C(=O)C[N+]1(CCO)CC[N+](C)(CCO)CC1. The average molecular weight is 640 g/mol. The zero-order valence-corrected chi connectivity index (χ0v) is 30.9. The molecule has 0 unspecified atom stereocenters. The molecular weight excluding hydrogens is 558 g/mol. The van der Waals surface area contributed by atoms with Gasteiger partial charge in [0.05, 0.1) is 20.3 Å². The Bertz CT molecular complexity index is 638. The van der Waals surface area contributed by atoms with Gasteiger partial charge in [0.2, 0.25) is 0 Å². The number of quaternary nitrogens is 2. The molecule has 1 saturated heterocycles. The Morgan fingerprint density at radius 3 is 1.18 bits per heavy atom. The van der Waals surface area contributed by atoms with E-state index in [9.17, 15) is 15.0 Å². The predicted molar refractivity (Wildman–Crippen MR) is 193 cm³/mol. The van der Waals surface area contributed by atoms with Crippen LogP contribution < -0.4 is 0 Å². The summed E-state index contributed by atoms with van der Waals surface area (Å²) in [4.78, 5) is 16.0. The second kappa shape index (κ2) is 28.3. The molecule has 0 aromatic rings. The molecule has 1 aliphatic rings. The lowest BCUT2D eigenvalue weighted by Gasteiger charge is -2.48. The molecule has 0 bridgehead atoms. The number of rotatable bonds is 32. The fourth-order valence-electron chi connectivity index (χ4n) is 7.30. The van der Waals surface area contributed by atoms with Crippen LogP contribution in [0.5, 0.6) is 0 Å². The summed E-state index contributed by atoms with van der Waals surface area (Å²) >= 11 is 0. The number of amides is 1. The standard InChI is InChI=1S/C39H81N3O3/c1-4-6-8-10-12-14-16-18-20-22-24-26-28-40(29-27-25-23-21-19-17-15-13-11-9-7-5-2)39(45)38-42(35-37-44)32-30-41(3,31-33-42)34-36-43/h43-44H,4-38H2,1-3H3/q+2. The number of unbranched alkanes of at least 4 members (excludes halogenated alkanes) is 22. The number of carbonyl (C=O) groups excluding carboxylic acids is 1. The Balaban J connectivity index is 2.46. The molecule has 1 heterocycles. The molecule has 0 aromatic carbocycles. The van der Waals surface area contributed by atoms with E-state index in [1.165, 1.54) is 141 Å². The molecule has 1 amide bonds. The van der Waals surface area contributed by atoms with Crippen molar-refractivity contribution >= 4 is 5.91 Å². The lowest BCUT2D eigenvalue weighted by atomic mass is 10.0. The summed E-state index contributed by atoms with van der Waals surface area (Å²) < 4.78 is 1.58. The highest BCUT2D eigenvalue weighted by molar-refractivity contribution is 5.77.